The lowest BCUT2D eigenvalue weighted by Gasteiger charge is -2.04. The molecule has 8 heteroatoms. The lowest BCUT2D eigenvalue weighted by molar-refractivity contribution is -0.138. The molecule has 0 aliphatic carbocycles. The van der Waals surface area contributed by atoms with Crippen LogP contribution in [0.1, 0.15) is 11.4 Å². The highest BCUT2D eigenvalue weighted by Crippen LogP contribution is 2.21. The molecule has 23 heavy (non-hydrogen) atoms. The molecule has 0 unspecified atom stereocenters. The minimum Gasteiger partial charge on any atom is -0.480 e. The van der Waals surface area contributed by atoms with Crippen molar-refractivity contribution < 1.29 is 9.90 Å². The predicted octanol–water partition coefficient (Wildman–Crippen LogP) is 1.94. The Labute approximate surface area is 135 Å². The van der Waals surface area contributed by atoms with Crippen LogP contribution < -0.4 is 5.56 Å². The van der Waals surface area contributed by atoms with Crippen LogP contribution in [0.15, 0.2) is 29.1 Å². The summed E-state index contributed by atoms with van der Waals surface area (Å²) in [7, 11) is 0. The zero-order valence-corrected chi connectivity index (χ0v) is 13.2. The first kappa shape index (κ1) is 15.2. The van der Waals surface area contributed by atoms with E-state index in [2.05, 4.69) is 10.2 Å². The van der Waals surface area contributed by atoms with Crippen molar-refractivity contribution in [1.82, 2.24) is 19.6 Å². The van der Waals surface area contributed by atoms with Gasteiger partial charge < -0.3 is 5.11 Å². The van der Waals surface area contributed by atoms with Gasteiger partial charge in [0.05, 0.1) is 22.5 Å². The van der Waals surface area contributed by atoms with E-state index in [1.54, 1.807) is 42.8 Å². The Morgan fingerprint density at radius 3 is 2.48 bits per heavy atom. The minimum atomic E-state index is -1.12. The van der Waals surface area contributed by atoms with Gasteiger partial charge in [-0.2, -0.15) is 10.2 Å². The highest BCUT2D eigenvalue weighted by Gasteiger charge is 2.18. The second-order valence-electron chi connectivity index (χ2n) is 5.14. The van der Waals surface area contributed by atoms with Crippen molar-refractivity contribution in [3.05, 3.63) is 51.0 Å². The average Bonchev–Trinajstić information content (AvgIpc) is 2.83. The molecule has 0 aliphatic heterocycles. The number of halogens is 1. The number of rotatable bonds is 3. The number of carbonyl (C=O) groups is 1. The third kappa shape index (κ3) is 2.59. The molecule has 1 N–H and O–H groups in total. The smallest absolute Gasteiger partial charge is 0.325 e. The van der Waals surface area contributed by atoms with Gasteiger partial charge in [-0.15, -0.1) is 0 Å². The molecule has 0 atom stereocenters. The van der Waals surface area contributed by atoms with Crippen LogP contribution in [0.3, 0.4) is 0 Å². The number of fused-ring (bicyclic) bond motifs is 1. The van der Waals surface area contributed by atoms with Crippen molar-refractivity contribution in [3.63, 3.8) is 0 Å². The summed E-state index contributed by atoms with van der Waals surface area (Å²) in [5.41, 5.74) is 1.87. The fraction of sp³-hybridized carbons (Fsp3) is 0.200. The van der Waals surface area contributed by atoms with Gasteiger partial charge in [0.15, 0.2) is 0 Å². The number of nitrogens with zero attached hydrogens (tertiary/aromatic N) is 4. The molecule has 0 bridgehead atoms. The van der Waals surface area contributed by atoms with Gasteiger partial charge in [-0.25, -0.2) is 9.36 Å². The predicted molar refractivity (Wildman–Crippen MR) is 85.2 cm³/mol. The molecule has 1 aromatic carbocycles. The Morgan fingerprint density at radius 2 is 1.87 bits per heavy atom. The van der Waals surface area contributed by atoms with Gasteiger partial charge >= 0.3 is 5.97 Å². The van der Waals surface area contributed by atoms with Crippen molar-refractivity contribution in [2.45, 2.75) is 20.4 Å². The van der Waals surface area contributed by atoms with Crippen LogP contribution in [0.2, 0.25) is 5.02 Å². The van der Waals surface area contributed by atoms with Gasteiger partial charge in [0.1, 0.15) is 12.1 Å². The number of hydrogen-bond acceptors (Lipinski definition) is 4. The number of carboxylic acids is 1. The van der Waals surface area contributed by atoms with E-state index in [1.807, 2.05) is 0 Å². The second kappa shape index (κ2) is 5.51. The molecule has 118 valence electrons. The van der Waals surface area contributed by atoms with Gasteiger partial charge in [0.25, 0.3) is 5.56 Å². The number of aliphatic carboxylic acids is 1. The SMILES string of the molecule is Cc1nn(CC(=O)O)c(=O)c2c(C)n(-c3ccc(Cl)cc3)nc12. The molecule has 0 amide bonds. The van der Waals surface area contributed by atoms with Crippen LogP contribution in [0.25, 0.3) is 16.6 Å². The van der Waals surface area contributed by atoms with Gasteiger partial charge in [0, 0.05) is 5.02 Å². The lowest BCUT2D eigenvalue weighted by Crippen LogP contribution is -2.27. The maximum Gasteiger partial charge on any atom is 0.325 e. The standard InChI is InChI=1S/C15H13ClN4O3/c1-8-14-13(15(23)19(17-8)7-12(21)22)9(2)20(18-14)11-5-3-10(16)4-6-11/h3-6H,7H2,1-2H3,(H,21,22). The van der Waals surface area contributed by atoms with E-state index in [9.17, 15) is 9.59 Å². The third-order valence-electron chi connectivity index (χ3n) is 3.53. The summed E-state index contributed by atoms with van der Waals surface area (Å²) >= 11 is 5.89. The van der Waals surface area contributed by atoms with Crippen LogP contribution in [0, 0.1) is 13.8 Å². The molecule has 3 aromatic rings. The summed E-state index contributed by atoms with van der Waals surface area (Å²) in [6, 6.07) is 7.05. The number of aromatic nitrogens is 4. The van der Waals surface area contributed by atoms with Crippen LogP contribution in [-0.4, -0.2) is 30.6 Å². The van der Waals surface area contributed by atoms with Crippen LogP contribution in [0.5, 0.6) is 0 Å². The number of hydrogen-bond donors (Lipinski definition) is 1. The Kier molecular flexibility index (Phi) is 3.65. The summed E-state index contributed by atoms with van der Waals surface area (Å²) in [6.45, 7) is 2.97. The summed E-state index contributed by atoms with van der Waals surface area (Å²) < 4.78 is 2.57. The molecule has 2 aromatic heterocycles. The maximum atomic E-state index is 12.5. The highest BCUT2D eigenvalue weighted by atomic mass is 35.5. The van der Waals surface area contributed by atoms with Crippen molar-refractivity contribution in [2.24, 2.45) is 0 Å². The van der Waals surface area contributed by atoms with E-state index in [0.717, 1.165) is 10.4 Å². The Bertz CT molecular complexity index is 973. The summed E-state index contributed by atoms with van der Waals surface area (Å²) in [6.07, 6.45) is 0. The Morgan fingerprint density at radius 1 is 1.22 bits per heavy atom. The monoisotopic (exact) mass is 332 g/mol. The Balaban J connectivity index is 2.28. The zero-order chi connectivity index (χ0) is 16.7. The fourth-order valence-corrected chi connectivity index (χ4v) is 2.61. The largest absolute Gasteiger partial charge is 0.480 e. The normalized spacial score (nSPS) is 11.1. The van der Waals surface area contributed by atoms with Gasteiger partial charge in [-0.05, 0) is 38.1 Å². The van der Waals surface area contributed by atoms with E-state index in [-0.39, 0.29) is 0 Å². The second-order valence-corrected chi connectivity index (χ2v) is 5.58. The van der Waals surface area contributed by atoms with E-state index in [4.69, 9.17) is 16.7 Å². The average molecular weight is 333 g/mol. The summed E-state index contributed by atoms with van der Waals surface area (Å²) in [5, 5.41) is 18.3. The van der Waals surface area contributed by atoms with Crippen LogP contribution in [-0.2, 0) is 11.3 Å². The molecule has 0 aliphatic rings. The molecule has 0 saturated carbocycles. The molecule has 0 radical (unpaired) electrons. The lowest BCUT2D eigenvalue weighted by atomic mass is 10.2. The number of aryl methyl sites for hydroxylation is 2. The summed E-state index contributed by atoms with van der Waals surface area (Å²) in [5.74, 6) is -1.12. The van der Waals surface area contributed by atoms with Gasteiger partial charge in [0.2, 0.25) is 0 Å². The molecule has 3 rings (SSSR count). The van der Waals surface area contributed by atoms with Gasteiger partial charge in [-0.1, -0.05) is 11.6 Å². The first-order chi connectivity index (χ1) is 10.9. The maximum absolute atomic E-state index is 12.5. The first-order valence-corrected chi connectivity index (χ1v) is 7.21. The fourth-order valence-electron chi connectivity index (χ4n) is 2.48. The number of benzene rings is 1. The molecule has 0 fully saturated rings. The van der Waals surface area contributed by atoms with Crippen LogP contribution in [0.4, 0.5) is 0 Å². The van der Waals surface area contributed by atoms with Crippen molar-refractivity contribution in [3.8, 4) is 5.69 Å². The van der Waals surface area contributed by atoms with E-state index < -0.39 is 18.1 Å². The van der Waals surface area contributed by atoms with Gasteiger partial charge in [-0.3, -0.25) is 9.59 Å². The zero-order valence-electron chi connectivity index (χ0n) is 12.4. The Hall–Kier alpha value is -2.67. The number of carboxylic acid groups (broad SMARTS) is 1. The highest BCUT2D eigenvalue weighted by molar-refractivity contribution is 6.30. The summed E-state index contributed by atoms with van der Waals surface area (Å²) in [4.78, 5) is 23.4. The molecular weight excluding hydrogens is 320 g/mol. The van der Waals surface area contributed by atoms with E-state index in [0.29, 0.717) is 27.3 Å². The molecule has 0 spiro atoms. The van der Waals surface area contributed by atoms with Crippen molar-refractivity contribution in [2.75, 3.05) is 0 Å². The van der Waals surface area contributed by atoms with Crippen LogP contribution >= 0.6 is 11.6 Å². The molecule has 7 nitrogen and oxygen atoms in total. The molecule has 0 saturated heterocycles. The molecule has 2 heterocycles. The first-order valence-electron chi connectivity index (χ1n) is 6.83. The van der Waals surface area contributed by atoms with E-state index in [1.165, 1.54) is 0 Å². The molecular formula is C15H13ClN4O3. The van der Waals surface area contributed by atoms with Crippen molar-refractivity contribution in [1.29, 1.82) is 0 Å². The topological polar surface area (TPSA) is 90.0 Å². The third-order valence-corrected chi connectivity index (χ3v) is 3.79. The van der Waals surface area contributed by atoms with E-state index >= 15 is 0 Å². The van der Waals surface area contributed by atoms with Crippen molar-refractivity contribution >= 4 is 28.5 Å². The quantitative estimate of drug-likeness (QED) is 0.791. The minimum absolute atomic E-state index is 0.369.